The molecule has 3 heteroatoms. The van der Waals surface area contributed by atoms with Crippen LogP contribution in [-0.4, -0.2) is 17.5 Å². The molecule has 0 unspecified atom stereocenters. The van der Waals surface area contributed by atoms with E-state index in [1.165, 1.54) is 11.6 Å². The van der Waals surface area contributed by atoms with Gasteiger partial charge in [0.05, 0.1) is 6.61 Å². The van der Waals surface area contributed by atoms with Crippen LogP contribution in [0.2, 0.25) is 0 Å². The highest BCUT2D eigenvalue weighted by atomic mass is 16.5. The van der Waals surface area contributed by atoms with Gasteiger partial charge in [-0.3, -0.25) is 4.79 Å². The molecule has 2 rings (SSSR count). The van der Waals surface area contributed by atoms with Gasteiger partial charge in [0.2, 0.25) is 0 Å². The molecule has 0 amide bonds. The van der Waals surface area contributed by atoms with Crippen molar-refractivity contribution in [2.75, 3.05) is 6.61 Å². The highest BCUT2D eigenvalue weighted by molar-refractivity contribution is 6.07. The number of carbonyl (C=O) groups excluding carboxylic acids is 1. The minimum Gasteiger partial charge on any atom is -0.504 e. The number of aromatic hydroxyl groups is 1. The van der Waals surface area contributed by atoms with Gasteiger partial charge in [-0.15, -0.1) is 0 Å². The number of hydrogen-bond acceptors (Lipinski definition) is 3. The molecule has 0 aliphatic heterocycles. The average molecular weight is 296 g/mol. The van der Waals surface area contributed by atoms with Gasteiger partial charge in [-0.2, -0.15) is 0 Å². The normalized spacial score (nSPS) is 10.9. The van der Waals surface area contributed by atoms with E-state index in [9.17, 15) is 9.90 Å². The third-order valence-electron chi connectivity index (χ3n) is 3.50. The first-order valence-electron chi connectivity index (χ1n) is 7.26. The fraction of sp³-hybridized carbons (Fsp3) is 0.211. The first kappa shape index (κ1) is 15.8. The molecule has 0 bridgehead atoms. The Labute approximate surface area is 130 Å². The zero-order chi connectivity index (χ0) is 16.1. The van der Waals surface area contributed by atoms with Crippen LogP contribution in [0, 0.1) is 13.8 Å². The number of aryl methyl sites for hydroxylation is 2. The highest BCUT2D eigenvalue weighted by Crippen LogP contribution is 2.27. The van der Waals surface area contributed by atoms with Gasteiger partial charge in [-0.1, -0.05) is 24.3 Å². The summed E-state index contributed by atoms with van der Waals surface area (Å²) in [6.45, 7) is 6.34. The lowest BCUT2D eigenvalue weighted by Gasteiger charge is -2.06. The second-order valence-electron chi connectivity index (χ2n) is 5.16. The molecule has 0 heterocycles. The van der Waals surface area contributed by atoms with E-state index in [4.69, 9.17) is 4.74 Å². The third-order valence-corrected chi connectivity index (χ3v) is 3.50. The van der Waals surface area contributed by atoms with E-state index < -0.39 is 0 Å². The van der Waals surface area contributed by atoms with Gasteiger partial charge in [0.25, 0.3) is 0 Å². The number of phenols is 1. The molecule has 0 saturated heterocycles. The number of phenolic OH excluding ortho intramolecular Hbond substituents is 1. The maximum atomic E-state index is 12.2. The van der Waals surface area contributed by atoms with Crippen LogP contribution >= 0.6 is 0 Å². The Morgan fingerprint density at radius 3 is 2.59 bits per heavy atom. The molecule has 22 heavy (non-hydrogen) atoms. The first-order chi connectivity index (χ1) is 10.5. The van der Waals surface area contributed by atoms with E-state index in [0.717, 1.165) is 11.1 Å². The largest absolute Gasteiger partial charge is 0.504 e. The number of allylic oxidation sites excluding steroid dienone is 1. The quantitative estimate of drug-likeness (QED) is 0.661. The summed E-state index contributed by atoms with van der Waals surface area (Å²) in [6, 6.07) is 10.7. The average Bonchev–Trinajstić information content (AvgIpc) is 2.50. The maximum Gasteiger partial charge on any atom is 0.185 e. The highest BCUT2D eigenvalue weighted by Gasteiger charge is 2.05. The van der Waals surface area contributed by atoms with Crippen LogP contribution in [0.1, 0.15) is 34.0 Å². The summed E-state index contributed by atoms with van der Waals surface area (Å²) < 4.78 is 5.33. The van der Waals surface area contributed by atoms with Gasteiger partial charge < -0.3 is 9.84 Å². The number of hydrogen-bond donors (Lipinski definition) is 1. The molecular weight excluding hydrogens is 276 g/mol. The van der Waals surface area contributed by atoms with Crippen LogP contribution in [0.4, 0.5) is 0 Å². The van der Waals surface area contributed by atoms with Crippen molar-refractivity contribution in [2.45, 2.75) is 20.8 Å². The minimum atomic E-state index is -0.0471. The summed E-state index contributed by atoms with van der Waals surface area (Å²) >= 11 is 0. The smallest absolute Gasteiger partial charge is 0.185 e. The lowest BCUT2D eigenvalue weighted by molar-refractivity contribution is 0.104. The van der Waals surface area contributed by atoms with E-state index in [-0.39, 0.29) is 11.5 Å². The predicted octanol–water partition coefficient (Wildman–Crippen LogP) is 4.30. The molecule has 2 aromatic rings. The number of ketones is 1. The Bertz CT molecular complexity index is 715. The van der Waals surface area contributed by atoms with Crippen LogP contribution in [0.5, 0.6) is 11.5 Å². The van der Waals surface area contributed by atoms with Crippen molar-refractivity contribution in [3.05, 3.63) is 64.7 Å². The summed E-state index contributed by atoms with van der Waals surface area (Å²) in [4.78, 5) is 12.2. The molecule has 0 fully saturated rings. The van der Waals surface area contributed by atoms with Crippen molar-refractivity contribution in [2.24, 2.45) is 0 Å². The summed E-state index contributed by atoms with van der Waals surface area (Å²) in [5, 5.41) is 9.66. The van der Waals surface area contributed by atoms with Crippen LogP contribution in [0.15, 0.2) is 42.5 Å². The molecular formula is C19H20O3. The molecule has 114 valence electrons. The molecule has 0 atom stereocenters. The Balaban J connectivity index is 2.18. The zero-order valence-corrected chi connectivity index (χ0v) is 13.1. The molecule has 0 aliphatic rings. The second-order valence-corrected chi connectivity index (χ2v) is 5.16. The Kier molecular flexibility index (Phi) is 4.99. The lowest BCUT2D eigenvalue weighted by Crippen LogP contribution is -1.96. The molecule has 0 spiro atoms. The van der Waals surface area contributed by atoms with Crippen molar-refractivity contribution in [3.63, 3.8) is 0 Å². The van der Waals surface area contributed by atoms with E-state index >= 15 is 0 Å². The van der Waals surface area contributed by atoms with Crippen LogP contribution < -0.4 is 4.74 Å². The van der Waals surface area contributed by atoms with Gasteiger partial charge in [0.1, 0.15) is 0 Å². The van der Waals surface area contributed by atoms with Gasteiger partial charge in [-0.05, 0) is 61.7 Å². The molecule has 0 radical (unpaired) electrons. The summed E-state index contributed by atoms with van der Waals surface area (Å²) in [7, 11) is 0. The summed E-state index contributed by atoms with van der Waals surface area (Å²) in [6.07, 6.45) is 3.26. The van der Waals surface area contributed by atoms with Crippen molar-refractivity contribution in [1.82, 2.24) is 0 Å². The monoisotopic (exact) mass is 296 g/mol. The van der Waals surface area contributed by atoms with Crippen molar-refractivity contribution >= 4 is 11.9 Å². The van der Waals surface area contributed by atoms with Gasteiger partial charge in [0.15, 0.2) is 17.3 Å². The van der Waals surface area contributed by atoms with E-state index in [0.29, 0.717) is 17.9 Å². The molecule has 0 aromatic heterocycles. The SMILES string of the molecule is CCOc1cc(/C=C/C(=O)c2ccc(C)c(C)c2)ccc1O. The molecule has 3 nitrogen and oxygen atoms in total. The lowest BCUT2D eigenvalue weighted by atomic mass is 10.0. The maximum absolute atomic E-state index is 12.2. The number of ether oxygens (including phenoxy) is 1. The van der Waals surface area contributed by atoms with Crippen LogP contribution in [0.25, 0.3) is 6.08 Å². The van der Waals surface area contributed by atoms with Gasteiger partial charge in [0, 0.05) is 5.56 Å². The van der Waals surface area contributed by atoms with Crippen LogP contribution in [-0.2, 0) is 0 Å². The van der Waals surface area contributed by atoms with Gasteiger partial charge in [-0.25, -0.2) is 0 Å². The third kappa shape index (κ3) is 3.76. The van der Waals surface area contributed by atoms with Crippen molar-refractivity contribution < 1.29 is 14.6 Å². The van der Waals surface area contributed by atoms with Crippen molar-refractivity contribution in [3.8, 4) is 11.5 Å². The molecule has 0 aliphatic carbocycles. The standard InChI is InChI=1S/C19H20O3/c1-4-22-19-12-15(7-10-18(19)21)6-9-17(20)16-8-5-13(2)14(3)11-16/h5-12,21H,4H2,1-3H3/b9-6+. The Hall–Kier alpha value is -2.55. The fourth-order valence-electron chi connectivity index (χ4n) is 2.07. The number of rotatable bonds is 5. The summed E-state index contributed by atoms with van der Waals surface area (Å²) in [5.41, 5.74) is 3.74. The second kappa shape index (κ2) is 6.94. The number of carbonyl (C=O) groups is 1. The summed E-state index contributed by atoms with van der Waals surface area (Å²) in [5.74, 6) is 0.469. The first-order valence-corrected chi connectivity index (χ1v) is 7.26. The van der Waals surface area contributed by atoms with E-state index in [1.54, 1.807) is 24.3 Å². The predicted molar refractivity (Wildman–Crippen MR) is 88.6 cm³/mol. The molecule has 1 N–H and O–H groups in total. The molecule has 0 saturated carbocycles. The van der Waals surface area contributed by atoms with Crippen molar-refractivity contribution in [1.29, 1.82) is 0 Å². The zero-order valence-electron chi connectivity index (χ0n) is 13.1. The Morgan fingerprint density at radius 2 is 1.91 bits per heavy atom. The topological polar surface area (TPSA) is 46.5 Å². The minimum absolute atomic E-state index is 0.0471. The Morgan fingerprint density at radius 1 is 1.14 bits per heavy atom. The number of benzene rings is 2. The fourth-order valence-corrected chi connectivity index (χ4v) is 2.07. The molecule has 2 aromatic carbocycles. The van der Waals surface area contributed by atoms with E-state index in [1.807, 2.05) is 39.0 Å². The van der Waals surface area contributed by atoms with E-state index in [2.05, 4.69) is 0 Å². The van der Waals surface area contributed by atoms with Gasteiger partial charge >= 0.3 is 0 Å². The van der Waals surface area contributed by atoms with Crippen LogP contribution in [0.3, 0.4) is 0 Å².